The molecule has 0 fully saturated rings. The maximum atomic E-state index is 9.79. The van der Waals surface area contributed by atoms with Crippen LogP contribution in [0.25, 0.3) is 5.69 Å². The Morgan fingerprint density at radius 2 is 2.00 bits per heavy atom. The van der Waals surface area contributed by atoms with Crippen LogP contribution >= 0.6 is 0 Å². The first-order chi connectivity index (χ1) is 9.65. The molecule has 2 N–H and O–H groups in total. The van der Waals surface area contributed by atoms with Gasteiger partial charge in [-0.1, -0.05) is 26.0 Å². The van der Waals surface area contributed by atoms with E-state index < -0.39 is 0 Å². The topological polar surface area (TPSA) is 50.1 Å². The van der Waals surface area contributed by atoms with Crippen LogP contribution < -0.4 is 5.32 Å². The Bertz CT molecular complexity index is 491. The van der Waals surface area contributed by atoms with Crippen LogP contribution in [-0.2, 0) is 6.54 Å². The summed E-state index contributed by atoms with van der Waals surface area (Å²) in [5.41, 5.74) is 2.32. The second-order valence-corrected chi connectivity index (χ2v) is 5.55. The number of hydrogen-bond donors (Lipinski definition) is 2. The van der Waals surface area contributed by atoms with Gasteiger partial charge in [0.05, 0.1) is 12.4 Å². The quantitative estimate of drug-likeness (QED) is 0.814. The highest BCUT2D eigenvalue weighted by Crippen LogP contribution is 2.09. The lowest BCUT2D eigenvalue weighted by Gasteiger charge is -2.14. The number of aromatic nitrogens is 2. The highest BCUT2D eigenvalue weighted by atomic mass is 16.3. The highest BCUT2D eigenvalue weighted by molar-refractivity contribution is 5.34. The third kappa shape index (κ3) is 4.47. The van der Waals surface area contributed by atoms with Crippen LogP contribution in [0.1, 0.15) is 25.8 Å². The van der Waals surface area contributed by atoms with Crippen molar-refractivity contribution in [3.8, 4) is 5.69 Å². The molecule has 0 amide bonds. The van der Waals surface area contributed by atoms with Crippen molar-refractivity contribution in [3.05, 3.63) is 48.5 Å². The average Bonchev–Trinajstić information content (AvgIpc) is 2.92. The van der Waals surface area contributed by atoms with E-state index in [9.17, 15) is 5.11 Å². The molecule has 1 unspecified atom stereocenters. The molecule has 108 valence electrons. The van der Waals surface area contributed by atoms with Crippen LogP contribution in [-0.4, -0.2) is 27.3 Å². The standard InChI is InChI=1S/C16H23N3O/c1-13(2)9-16(20)11-18-10-14-3-5-15(6-4-14)19-8-7-17-12-19/h3-8,12-13,16,18,20H,9-11H2,1-2H3. The number of rotatable bonds is 7. The SMILES string of the molecule is CC(C)CC(O)CNCc1ccc(-n2ccnc2)cc1. The van der Waals surface area contributed by atoms with E-state index >= 15 is 0 Å². The third-order valence-electron chi connectivity index (χ3n) is 3.19. The molecule has 0 spiro atoms. The van der Waals surface area contributed by atoms with Gasteiger partial charge < -0.3 is 15.0 Å². The lowest BCUT2D eigenvalue weighted by atomic mass is 10.1. The number of nitrogens with zero attached hydrogens (tertiary/aromatic N) is 2. The van der Waals surface area contributed by atoms with Gasteiger partial charge in [-0.25, -0.2) is 4.98 Å². The molecule has 1 heterocycles. The van der Waals surface area contributed by atoms with Crippen LogP contribution in [0.15, 0.2) is 43.0 Å². The zero-order valence-electron chi connectivity index (χ0n) is 12.2. The Balaban J connectivity index is 1.79. The van der Waals surface area contributed by atoms with Crippen molar-refractivity contribution >= 4 is 0 Å². The Morgan fingerprint density at radius 3 is 2.60 bits per heavy atom. The normalized spacial score (nSPS) is 12.8. The van der Waals surface area contributed by atoms with E-state index in [2.05, 4.69) is 48.4 Å². The maximum absolute atomic E-state index is 9.79. The fourth-order valence-corrected chi connectivity index (χ4v) is 2.21. The molecule has 1 atom stereocenters. The molecule has 2 aromatic rings. The first-order valence-electron chi connectivity index (χ1n) is 7.11. The van der Waals surface area contributed by atoms with Gasteiger partial charge in [0, 0.05) is 31.2 Å². The number of benzene rings is 1. The minimum atomic E-state index is -0.264. The first-order valence-corrected chi connectivity index (χ1v) is 7.11. The minimum Gasteiger partial charge on any atom is -0.392 e. The summed E-state index contributed by atoms with van der Waals surface area (Å²) in [6.45, 7) is 5.66. The summed E-state index contributed by atoms with van der Waals surface area (Å²) >= 11 is 0. The monoisotopic (exact) mass is 273 g/mol. The lowest BCUT2D eigenvalue weighted by molar-refractivity contribution is 0.146. The van der Waals surface area contributed by atoms with Gasteiger partial charge in [0.15, 0.2) is 0 Å². The van der Waals surface area contributed by atoms with Crippen LogP contribution in [0.4, 0.5) is 0 Å². The number of aliphatic hydroxyl groups excluding tert-OH is 1. The van der Waals surface area contributed by atoms with Crippen molar-refractivity contribution in [2.75, 3.05) is 6.54 Å². The van der Waals surface area contributed by atoms with E-state index in [-0.39, 0.29) is 6.10 Å². The number of hydrogen-bond acceptors (Lipinski definition) is 3. The first kappa shape index (κ1) is 14.8. The number of aliphatic hydroxyl groups is 1. The summed E-state index contributed by atoms with van der Waals surface area (Å²) in [4.78, 5) is 4.04. The molecule has 2 rings (SSSR count). The van der Waals surface area contributed by atoms with Crippen LogP contribution in [0.5, 0.6) is 0 Å². The van der Waals surface area contributed by atoms with Crippen molar-refractivity contribution in [1.82, 2.24) is 14.9 Å². The summed E-state index contributed by atoms with van der Waals surface area (Å²) in [6.07, 6.45) is 6.06. The predicted molar refractivity (Wildman–Crippen MR) is 80.7 cm³/mol. The molecule has 1 aromatic heterocycles. The Morgan fingerprint density at radius 1 is 1.25 bits per heavy atom. The zero-order chi connectivity index (χ0) is 14.4. The summed E-state index contributed by atoms with van der Waals surface area (Å²) in [5, 5.41) is 13.1. The van der Waals surface area contributed by atoms with Crippen molar-refractivity contribution in [3.63, 3.8) is 0 Å². The number of imidazole rings is 1. The minimum absolute atomic E-state index is 0.264. The molecule has 4 nitrogen and oxygen atoms in total. The van der Waals surface area contributed by atoms with E-state index in [4.69, 9.17) is 0 Å². The molecule has 0 aliphatic heterocycles. The number of nitrogens with one attached hydrogen (secondary N) is 1. The Labute approximate surface area is 120 Å². The molecule has 1 aromatic carbocycles. The largest absolute Gasteiger partial charge is 0.392 e. The van der Waals surface area contributed by atoms with Crippen LogP contribution in [0.2, 0.25) is 0 Å². The second kappa shape index (κ2) is 7.22. The average molecular weight is 273 g/mol. The zero-order valence-corrected chi connectivity index (χ0v) is 12.2. The molecular formula is C16H23N3O. The molecule has 0 aliphatic rings. The second-order valence-electron chi connectivity index (χ2n) is 5.55. The van der Waals surface area contributed by atoms with E-state index in [1.54, 1.807) is 12.5 Å². The maximum Gasteiger partial charge on any atom is 0.0991 e. The van der Waals surface area contributed by atoms with Gasteiger partial charge in [-0.05, 0) is 30.0 Å². The molecule has 0 saturated heterocycles. The molecule has 20 heavy (non-hydrogen) atoms. The van der Waals surface area contributed by atoms with Gasteiger partial charge in [0.25, 0.3) is 0 Å². The molecule has 4 heteroatoms. The van der Waals surface area contributed by atoms with Crippen molar-refractivity contribution in [2.45, 2.75) is 32.9 Å². The molecular weight excluding hydrogens is 250 g/mol. The van der Waals surface area contributed by atoms with Gasteiger partial charge >= 0.3 is 0 Å². The van der Waals surface area contributed by atoms with E-state index in [1.807, 2.05) is 10.8 Å². The molecule has 0 radical (unpaired) electrons. The highest BCUT2D eigenvalue weighted by Gasteiger charge is 2.06. The summed E-state index contributed by atoms with van der Waals surface area (Å²) < 4.78 is 1.98. The summed E-state index contributed by atoms with van der Waals surface area (Å²) in [6, 6.07) is 8.33. The van der Waals surface area contributed by atoms with Crippen molar-refractivity contribution in [1.29, 1.82) is 0 Å². The molecule has 0 saturated carbocycles. The van der Waals surface area contributed by atoms with E-state index in [1.165, 1.54) is 5.56 Å². The predicted octanol–water partition coefficient (Wildman–Crippen LogP) is 2.37. The van der Waals surface area contributed by atoms with Gasteiger partial charge in [-0.15, -0.1) is 0 Å². The van der Waals surface area contributed by atoms with Gasteiger partial charge in [0.2, 0.25) is 0 Å². The van der Waals surface area contributed by atoms with Gasteiger partial charge in [-0.2, -0.15) is 0 Å². The Kier molecular flexibility index (Phi) is 5.32. The van der Waals surface area contributed by atoms with Crippen LogP contribution in [0, 0.1) is 5.92 Å². The fourth-order valence-electron chi connectivity index (χ4n) is 2.21. The summed E-state index contributed by atoms with van der Waals surface area (Å²) in [5.74, 6) is 0.529. The van der Waals surface area contributed by atoms with Crippen molar-refractivity contribution in [2.24, 2.45) is 5.92 Å². The molecule has 0 bridgehead atoms. The third-order valence-corrected chi connectivity index (χ3v) is 3.19. The van der Waals surface area contributed by atoms with E-state index in [0.717, 1.165) is 18.7 Å². The lowest BCUT2D eigenvalue weighted by Crippen LogP contribution is -2.27. The Hall–Kier alpha value is -1.65. The van der Waals surface area contributed by atoms with Gasteiger partial charge in [-0.3, -0.25) is 0 Å². The van der Waals surface area contributed by atoms with Crippen LogP contribution in [0.3, 0.4) is 0 Å². The summed E-state index contributed by atoms with van der Waals surface area (Å²) in [7, 11) is 0. The fraction of sp³-hybridized carbons (Fsp3) is 0.438. The molecule has 0 aliphatic carbocycles. The smallest absolute Gasteiger partial charge is 0.0991 e. The van der Waals surface area contributed by atoms with Gasteiger partial charge in [0.1, 0.15) is 0 Å². The van der Waals surface area contributed by atoms with E-state index in [0.29, 0.717) is 12.5 Å². The van der Waals surface area contributed by atoms with Crippen molar-refractivity contribution < 1.29 is 5.11 Å².